The highest BCUT2D eigenvalue weighted by atomic mass is 16.5. The van der Waals surface area contributed by atoms with Crippen LogP contribution in [0.15, 0.2) is 18.2 Å². The number of aryl methyl sites for hydroxylation is 1. The molecule has 2 N–H and O–H groups in total. The molecule has 0 amide bonds. The lowest BCUT2D eigenvalue weighted by molar-refractivity contribution is 0.218. The van der Waals surface area contributed by atoms with Crippen LogP contribution in [0.3, 0.4) is 0 Å². The molecule has 3 nitrogen and oxygen atoms in total. The molecule has 0 saturated carbocycles. The number of rotatable bonds is 8. The Morgan fingerprint density at radius 3 is 2.67 bits per heavy atom. The van der Waals surface area contributed by atoms with E-state index >= 15 is 0 Å². The molecule has 1 atom stereocenters. The van der Waals surface area contributed by atoms with Crippen LogP contribution in [-0.2, 0) is 13.0 Å². The molecule has 1 rings (SSSR count). The Kier molecular flexibility index (Phi) is 6.76. The lowest BCUT2D eigenvalue weighted by Crippen LogP contribution is -2.24. The molecule has 0 aromatic heterocycles. The van der Waals surface area contributed by atoms with Gasteiger partial charge in [-0.1, -0.05) is 26.0 Å². The van der Waals surface area contributed by atoms with Crippen LogP contribution in [0.2, 0.25) is 0 Å². The summed E-state index contributed by atoms with van der Waals surface area (Å²) in [6.07, 6.45) is 2.03. The van der Waals surface area contributed by atoms with Gasteiger partial charge in [0.1, 0.15) is 5.75 Å². The van der Waals surface area contributed by atoms with Gasteiger partial charge in [-0.2, -0.15) is 0 Å². The second-order valence-electron chi connectivity index (χ2n) is 4.59. The first-order chi connectivity index (χ1) is 8.74. The third-order valence-corrected chi connectivity index (χ3v) is 3.34. The molecule has 0 spiro atoms. The molecule has 0 aliphatic carbocycles. The lowest BCUT2D eigenvalue weighted by Gasteiger charge is -2.15. The summed E-state index contributed by atoms with van der Waals surface area (Å²) >= 11 is 0. The van der Waals surface area contributed by atoms with Crippen LogP contribution in [-0.4, -0.2) is 25.4 Å². The van der Waals surface area contributed by atoms with E-state index in [1.165, 1.54) is 11.1 Å². The number of ether oxygens (including phenoxy) is 1. The van der Waals surface area contributed by atoms with Crippen molar-refractivity contribution < 1.29 is 9.84 Å². The maximum atomic E-state index is 9.14. The van der Waals surface area contributed by atoms with Crippen molar-refractivity contribution in [3.8, 4) is 5.75 Å². The molecule has 0 bridgehead atoms. The summed E-state index contributed by atoms with van der Waals surface area (Å²) in [6, 6.07) is 6.32. The lowest BCUT2D eigenvalue weighted by atomic mass is 10.1. The SMILES string of the molecule is CCc1ccc(OC)c(CNCC(CC)CO)c1. The van der Waals surface area contributed by atoms with Gasteiger partial charge in [0.15, 0.2) is 0 Å². The zero-order valence-electron chi connectivity index (χ0n) is 11.7. The highest BCUT2D eigenvalue weighted by Gasteiger charge is 2.06. The van der Waals surface area contributed by atoms with E-state index in [-0.39, 0.29) is 6.61 Å². The van der Waals surface area contributed by atoms with Crippen molar-refractivity contribution in [1.29, 1.82) is 0 Å². The molecule has 18 heavy (non-hydrogen) atoms. The average molecular weight is 251 g/mol. The summed E-state index contributed by atoms with van der Waals surface area (Å²) in [5, 5.41) is 12.5. The third kappa shape index (κ3) is 4.31. The van der Waals surface area contributed by atoms with Gasteiger partial charge in [0.25, 0.3) is 0 Å². The minimum absolute atomic E-state index is 0.246. The summed E-state index contributed by atoms with van der Waals surface area (Å²) < 4.78 is 5.37. The fourth-order valence-corrected chi connectivity index (χ4v) is 1.94. The summed E-state index contributed by atoms with van der Waals surface area (Å²) in [4.78, 5) is 0. The molecule has 0 radical (unpaired) electrons. The van der Waals surface area contributed by atoms with E-state index in [0.717, 1.165) is 31.7 Å². The predicted octanol–water partition coefficient (Wildman–Crippen LogP) is 2.37. The molecule has 0 saturated heterocycles. The molecular formula is C15H25NO2. The maximum absolute atomic E-state index is 9.14. The molecule has 0 heterocycles. The van der Waals surface area contributed by atoms with Crippen molar-refractivity contribution in [3.05, 3.63) is 29.3 Å². The van der Waals surface area contributed by atoms with E-state index in [1.54, 1.807) is 7.11 Å². The number of hydrogen-bond donors (Lipinski definition) is 2. The van der Waals surface area contributed by atoms with Gasteiger partial charge in [-0.15, -0.1) is 0 Å². The van der Waals surface area contributed by atoms with E-state index in [4.69, 9.17) is 9.84 Å². The van der Waals surface area contributed by atoms with Gasteiger partial charge in [-0.05, 0) is 30.4 Å². The fraction of sp³-hybridized carbons (Fsp3) is 0.600. The molecular weight excluding hydrogens is 226 g/mol. The number of aliphatic hydroxyl groups excluding tert-OH is 1. The Labute approximate surface area is 110 Å². The summed E-state index contributed by atoms with van der Waals surface area (Å²) in [5.74, 6) is 1.27. The van der Waals surface area contributed by atoms with Gasteiger partial charge in [-0.25, -0.2) is 0 Å². The van der Waals surface area contributed by atoms with Crippen molar-refractivity contribution in [2.75, 3.05) is 20.3 Å². The van der Waals surface area contributed by atoms with Gasteiger partial charge in [0.05, 0.1) is 7.11 Å². The van der Waals surface area contributed by atoms with Crippen molar-refractivity contribution in [2.45, 2.75) is 33.2 Å². The van der Waals surface area contributed by atoms with Crippen LogP contribution in [0.4, 0.5) is 0 Å². The molecule has 3 heteroatoms. The Balaban J connectivity index is 2.59. The van der Waals surface area contributed by atoms with E-state index in [9.17, 15) is 0 Å². The molecule has 102 valence electrons. The van der Waals surface area contributed by atoms with Crippen molar-refractivity contribution in [3.63, 3.8) is 0 Å². The van der Waals surface area contributed by atoms with Gasteiger partial charge in [0.2, 0.25) is 0 Å². The second kappa shape index (κ2) is 8.11. The van der Waals surface area contributed by atoms with Crippen LogP contribution in [0.1, 0.15) is 31.4 Å². The fourth-order valence-electron chi connectivity index (χ4n) is 1.94. The average Bonchev–Trinajstić information content (AvgIpc) is 2.43. The monoisotopic (exact) mass is 251 g/mol. The van der Waals surface area contributed by atoms with Gasteiger partial charge in [0, 0.05) is 25.3 Å². The van der Waals surface area contributed by atoms with Crippen LogP contribution in [0.25, 0.3) is 0 Å². The van der Waals surface area contributed by atoms with Gasteiger partial charge >= 0.3 is 0 Å². The first-order valence-electron chi connectivity index (χ1n) is 6.72. The zero-order valence-corrected chi connectivity index (χ0v) is 11.7. The van der Waals surface area contributed by atoms with E-state index in [0.29, 0.717) is 5.92 Å². The van der Waals surface area contributed by atoms with E-state index in [1.807, 2.05) is 6.07 Å². The van der Waals surface area contributed by atoms with Gasteiger partial charge in [-0.3, -0.25) is 0 Å². The molecule has 0 aliphatic rings. The normalized spacial score (nSPS) is 12.4. The predicted molar refractivity (Wildman–Crippen MR) is 74.9 cm³/mol. The number of nitrogens with one attached hydrogen (secondary N) is 1. The summed E-state index contributed by atoms with van der Waals surface area (Å²) in [7, 11) is 1.70. The summed E-state index contributed by atoms with van der Waals surface area (Å²) in [5.41, 5.74) is 2.51. The van der Waals surface area contributed by atoms with Crippen molar-refractivity contribution in [1.82, 2.24) is 5.32 Å². The highest BCUT2D eigenvalue weighted by Crippen LogP contribution is 2.20. The molecule has 1 aromatic carbocycles. The smallest absolute Gasteiger partial charge is 0.123 e. The van der Waals surface area contributed by atoms with Gasteiger partial charge < -0.3 is 15.2 Å². The molecule has 0 aliphatic heterocycles. The number of benzene rings is 1. The first-order valence-corrected chi connectivity index (χ1v) is 6.72. The minimum atomic E-state index is 0.246. The van der Waals surface area contributed by atoms with Crippen LogP contribution < -0.4 is 10.1 Å². The molecule has 1 aromatic rings. The van der Waals surface area contributed by atoms with E-state index in [2.05, 4.69) is 31.3 Å². The second-order valence-corrected chi connectivity index (χ2v) is 4.59. The largest absolute Gasteiger partial charge is 0.496 e. The Hall–Kier alpha value is -1.06. The Morgan fingerprint density at radius 1 is 1.33 bits per heavy atom. The van der Waals surface area contributed by atoms with Crippen LogP contribution in [0.5, 0.6) is 5.75 Å². The highest BCUT2D eigenvalue weighted by molar-refractivity contribution is 5.37. The summed E-state index contributed by atoms with van der Waals surface area (Å²) in [6.45, 7) is 6.12. The number of hydrogen-bond acceptors (Lipinski definition) is 3. The Bertz CT molecular complexity index is 348. The standard InChI is InChI=1S/C15H25NO2/c1-4-12-6-7-15(18-3)14(8-12)10-16-9-13(5-2)11-17/h6-8,13,16-17H,4-5,9-11H2,1-3H3. The topological polar surface area (TPSA) is 41.5 Å². The maximum Gasteiger partial charge on any atom is 0.123 e. The zero-order chi connectivity index (χ0) is 13.4. The van der Waals surface area contributed by atoms with Crippen molar-refractivity contribution >= 4 is 0 Å². The Morgan fingerprint density at radius 2 is 2.11 bits per heavy atom. The minimum Gasteiger partial charge on any atom is -0.496 e. The first kappa shape index (κ1) is 15.0. The van der Waals surface area contributed by atoms with Crippen LogP contribution >= 0.6 is 0 Å². The molecule has 1 unspecified atom stereocenters. The quantitative estimate of drug-likeness (QED) is 0.745. The van der Waals surface area contributed by atoms with Crippen molar-refractivity contribution in [2.24, 2.45) is 5.92 Å². The number of methoxy groups -OCH3 is 1. The van der Waals surface area contributed by atoms with Crippen LogP contribution in [0, 0.1) is 5.92 Å². The molecule has 0 fully saturated rings. The number of aliphatic hydroxyl groups is 1. The third-order valence-electron chi connectivity index (χ3n) is 3.34. The van der Waals surface area contributed by atoms with E-state index < -0.39 is 0 Å².